The highest BCUT2D eigenvalue weighted by Crippen LogP contribution is 2.29. The van der Waals surface area contributed by atoms with Crippen molar-refractivity contribution in [1.29, 1.82) is 0 Å². The summed E-state index contributed by atoms with van der Waals surface area (Å²) in [5.41, 5.74) is 1.32. The summed E-state index contributed by atoms with van der Waals surface area (Å²) < 4.78 is 0. The smallest absolute Gasteiger partial charge is 0.261 e. The van der Waals surface area contributed by atoms with Crippen LogP contribution in [0.25, 0.3) is 0 Å². The lowest BCUT2D eigenvalue weighted by Gasteiger charge is -2.32. The van der Waals surface area contributed by atoms with Gasteiger partial charge in [-0.05, 0) is 42.0 Å². The molecule has 1 aliphatic rings. The fraction of sp³-hybridized carbons (Fsp3) is 0.269. The second-order valence-electron chi connectivity index (χ2n) is 8.06. The first-order valence-electron chi connectivity index (χ1n) is 11.2. The summed E-state index contributed by atoms with van der Waals surface area (Å²) in [6.45, 7) is -0.217. The van der Waals surface area contributed by atoms with Crippen LogP contribution in [0.4, 0.5) is 5.69 Å². The number of carbonyl (C=O) groups excluding carboxylic acids is 3. The zero-order valence-electron chi connectivity index (χ0n) is 18.3. The van der Waals surface area contributed by atoms with Gasteiger partial charge in [0.1, 0.15) is 6.04 Å². The molecule has 3 aromatic rings. The van der Waals surface area contributed by atoms with Crippen LogP contribution in [-0.2, 0) is 9.59 Å². The summed E-state index contributed by atoms with van der Waals surface area (Å²) >= 11 is 1.31. The number of nitrogens with zero attached hydrogens (tertiary/aromatic N) is 1. The SMILES string of the molecule is O=C(NCC(=O)N(c1ccccc1)C(C(=O)NC1CCCC1)c1ccccc1)c1cccs1. The predicted molar refractivity (Wildman–Crippen MR) is 130 cm³/mol. The molecule has 1 aliphatic carbocycles. The van der Waals surface area contributed by atoms with Crippen LogP contribution in [0.2, 0.25) is 0 Å². The van der Waals surface area contributed by atoms with E-state index in [1.54, 1.807) is 24.3 Å². The van der Waals surface area contributed by atoms with Crippen molar-refractivity contribution in [3.8, 4) is 0 Å². The van der Waals surface area contributed by atoms with Gasteiger partial charge in [0.25, 0.3) is 5.91 Å². The molecular weight excluding hydrogens is 434 g/mol. The summed E-state index contributed by atoms with van der Waals surface area (Å²) in [6.07, 6.45) is 4.08. The number of para-hydroxylation sites is 1. The molecule has 4 rings (SSSR count). The fourth-order valence-corrected chi connectivity index (χ4v) is 4.80. The van der Waals surface area contributed by atoms with Crippen molar-refractivity contribution in [1.82, 2.24) is 10.6 Å². The normalized spacial score (nSPS) is 14.4. The Morgan fingerprint density at radius 2 is 1.58 bits per heavy atom. The molecule has 1 aromatic heterocycles. The number of hydrogen-bond acceptors (Lipinski definition) is 4. The minimum Gasteiger partial charge on any atom is -0.351 e. The van der Waals surface area contributed by atoms with Crippen LogP contribution in [0.3, 0.4) is 0 Å². The van der Waals surface area contributed by atoms with Gasteiger partial charge in [-0.3, -0.25) is 19.3 Å². The monoisotopic (exact) mass is 461 g/mol. The molecule has 1 unspecified atom stereocenters. The topological polar surface area (TPSA) is 78.5 Å². The number of amides is 3. The molecule has 33 heavy (non-hydrogen) atoms. The van der Waals surface area contributed by atoms with E-state index in [9.17, 15) is 14.4 Å². The van der Waals surface area contributed by atoms with Crippen LogP contribution < -0.4 is 15.5 Å². The molecule has 1 atom stereocenters. The van der Waals surface area contributed by atoms with Crippen molar-refractivity contribution < 1.29 is 14.4 Å². The van der Waals surface area contributed by atoms with E-state index in [0.29, 0.717) is 10.6 Å². The lowest BCUT2D eigenvalue weighted by atomic mass is 10.0. The molecule has 0 spiro atoms. The van der Waals surface area contributed by atoms with E-state index in [0.717, 1.165) is 31.2 Å². The highest BCUT2D eigenvalue weighted by Gasteiger charge is 2.34. The van der Waals surface area contributed by atoms with Crippen molar-refractivity contribution in [2.75, 3.05) is 11.4 Å². The van der Waals surface area contributed by atoms with Crippen LogP contribution in [0.15, 0.2) is 78.2 Å². The number of hydrogen-bond donors (Lipinski definition) is 2. The Bertz CT molecular complexity index is 1060. The number of thiophene rings is 1. The largest absolute Gasteiger partial charge is 0.351 e. The molecule has 2 N–H and O–H groups in total. The van der Waals surface area contributed by atoms with E-state index in [1.165, 1.54) is 16.2 Å². The Hall–Kier alpha value is -3.45. The average Bonchev–Trinajstić information content (AvgIpc) is 3.56. The van der Waals surface area contributed by atoms with E-state index in [-0.39, 0.29) is 30.3 Å². The Balaban J connectivity index is 1.63. The highest BCUT2D eigenvalue weighted by molar-refractivity contribution is 7.12. The third-order valence-corrected chi connectivity index (χ3v) is 6.64. The van der Waals surface area contributed by atoms with Crippen molar-refractivity contribution in [3.63, 3.8) is 0 Å². The lowest BCUT2D eigenvalue weighted by Crippen LogP contribution is -2.49. The van der Waals surface area contributed by atoms with Gasteiger partial charge in [0, 0.05) is 11.7 Å². The van der Waals surface area contributed by atoms with Crippen LogP contribution >= 0.6 is 11.3 Å². The van der Waals surface area contributed by atoms with E-state index < -0.39 is 6.04 Å². The molecule has 1 heterocycles. The highest BCUT2D eigenvalue weighted by atomic mass is 32.1. The summed E-state index contributed by atoms with van der Waals surface area (Å²) in [7, 11) is 0. The first-order chi connectivity index (χ1) is 16.1. The van der Waals surface area contributed by atoms with Gasteiger partial charge in [0.2, 0.25) is 11.8 Å². The van der Waals surface area contributed by atoms with Gasteiger partial charge in [-0.25, -0.2) is 0 Å². The van der Waals surface area contributed by atoms with Gasteiger partial charge in [-0.2, -0.15) is 0 Å². The quantitative estimate of drug-likeness (QED) is 0.525. The molecule has 0 bridgehead atoms. The van der Waals surface area contributed by atoms with Crippen LogP contribution in [-0.4, -0.2) is 30.3 Å². The molecule has 6 nitrogen and oxygen atoms in total. The van der Waals surface area contributed by atoms with E-state index in [1.807, 2.05) is 53.9 Å². The molecule has 7 heteroatoms. The third kappa shape index (κ3) is 5.68. The fourth-order valence-electron chi connectivity index (χ4n) is 4.16. The van der Waals surface area contributed by atoms with Crippen LogP contribution in [0, 0.1) is 0 Å². The van der Waals surface area contributed by atoms with Crippen molar-refractivity contribution in [2.45, 2.75) is 37.8 Å². The maximum absolute atomic E-state index is 13.6. The van der Waals surface area contributed by atoms with Crippen molar-refractivity contribution in [3.05, 3.63) is 88.6 Å². The maximum Gasteiger partial charge on any atom is 0.261 e. The van der Waals surface area contributed by atoms with E-state index in [4.69, 9.17) is 0 Å². The lowest BCUT2D eigenvalue weighted by molar-refractivity contribution is -0.126. The van der Waals surface area contributed by atoms with Crippen LogP contribution in [0.5, 0.6) is 0 Å². The molecule has 0 aliphatic heterocycles. The number of carbonyl (C=O) groups is 3. The number of anilines is 1. The molecule has 2 aromatic carbocycles. The van der Waals surface area contributed by atoms with Gasteiger partial charge in [-0.15, -0.1) is 11.3 Å². The average molecular weight is 462 g/mol. The summed E-state index contributed by atoms with van der Waals surface area (Å²) in [5, 5.41) is 7.66. The van der Waals surface area contributed by atoms with Gasteiger partial charge < -0.3 is 10.6 Å². The first-order valence-corrected chi connectivity index (χ1v) is 12.1. The first kappa shape index (κ1) is 22.7. The molecule has 1 fully saturated rings. The zero-order valence-corrected chi connectivity index (χ0v) is 19.1. The minimum atomic E-state index is -0.847. The van der Waals surface area contributed by atoms with Crippen molar-refractivity contribution >= 4 is 34.7 Å². The third-order valence-electron chi connectivity index (χ3n) is 5.77. The molecule has 170 valence electrons. The van der Waals surface area contributed by atoms with E-state index in [2.05, 4.69) is 10.6 Å². The second-order valence-corrected chi connectivity index (χ2v) is 9.01. The zero-order chi connectivity index (χ0) is 23.0. The summed E-state index contributed by atoms with van der Waals surface area (Å²) in [6, 6.07) is 21.2. The van der Waals surface area contributed by atoms with Gasteiger partial charge in [-0.1, -0.05) is 67.4 Å². The van der Waals surface area contributed by atoms with Crippen molar-refractivity contribution in [2.24, 2.45) is 0 Å². The number of benzene rings is 2. The van der Waals surface area contributed by atoms with Crippen LogP contribution in [0.1, 0.15) is 47.0 Å². The van der Waals surface area contributed by atoms with Gasteiger partial charge in [0.15, 0.2) is 0 Å². The molecule has 0 radical (unpaired) electrons. The number of nitrogens with one attached hydrogen (secondary N) is 2. The molecule has 1 saturated carbocycles. The standard InChI is InChI=1S/C26H27N3O3S/c30-23(18-27-25(31)22-16-9-17-33-22)29(21-14-5-2-6-15-21)24(19-10-3-1-4-11-19)26(32)28-20-12-7-8-13-20/h1-6,9-11,14-17,20,24H,7-8,12-13,18H2,(H,27,31)(H,28,32). The maximum atomic E-state index is 13.6. The Labute approximate surface area is 197 Å². The number of rotatable bonds is 8. The second kappa shape index (κ2) is 10.9. The Morgan fingerprint density at radius 1 is 0.909 bits per heavy atom. The summed E-state index contributed by atoms with van der Waals surface area (Å²) in [4.78, 5) is 41.5. The van der Waals surface area contributed by atoms with Gasteiger partial charge in [0.05, 0.1) is 11.4 Å². The van der Waals surface area contributed by atoms with E-state index >= 15 is 0 Å². The van der Waals surface area contributed by atoms with Gasteiger partial charge >= 0.3 is 0 Å². The minimum absolute atomic E-state index is 0.120. The molecule has 0 saturated heterocycles. The Kier molecular flexibility index (Phi) is 7.52. The summed E-state index contributed by atoms with van der Waals surface area (Å²) in [5.74, 6) is -0.880. The predicted octanol–water partition coefficient (Wildman–Crippen LogP) is 4.31. The molecular formula is C26H27N3O3S. The Morgan fingerprint density at radius 3 is 2.21 bits per heavy atom. The molecule has 3 amide bonds.